The molecule has 0 bridgehead atoms. The van der Waals surface area contributed by atoms with Crippen molar-refractivity contribution in [2.24, 2.45) is 5.73 Å². The topological polar surface area (TPSA) is 73.1 Å². The molecule has 5 heteroatoms. The van der Waals surface area contributed by atoms with Crippen molar-refractivity contribution in [1.82, 2.24) is 9.97 Å². The van der Waals surface area contributed by atoms with E-state index in [1.165, 1.54) is 6.33 Å². The number of ether oxygens (including phenoxy) is 1. The number of nitrogens with one attached hydrogen (secondary N) is 1. The van der Waals surface area contributed by atoms with Gasteiger partial charge in [0.2, 0.25) is 0 Å². The zero-order chi connectivity index (χ0) is 9.80. The lowest BCUT2D eigenvalue weighted by atomic mass is 10.1. The maximum absolute atomic E-state index is 5.94. The van der Waals surface area contributed by atoms with Gasteiger partial charge in [-0.1, -0.05) is 0 Å². The van der Waals surface area contributed by atoms with E-state index in [2.05, 4.69) is 15.3 Å². The summed E-state index contributed by atoms with van der Waals surface area (Å²) in [6.45, 7) is 1.40. The molecule has 0 amide bonds. The first kappa shape index (κ1) is 9.36. The lowest BCUT2D eigenvalue weighted by Crippen LogP contribution is -2.47. The summed E-state index contributed by atoms with van der Waals surface area (Å²) in [5.74, 6) is 0.797. The van der Waals surface area contributed by atoms with E-state index < -0.39 is 0 Å². The first-order valence-corrected chi connectivity index (χ1v) is 4.72. The van der Waals surface area contributed by atoms with Gasteiger partial charge in [0.1, 0.15) is 12.1 Å². The van der Waals surface area contributed by atoms with Gasteiger partial charge in [-0.2, -0.15) is 0 Å². The fourth-order valence-corrected chi connectivity index (χ4v) is 1.47. The van der Waals surface area contributed by atoms with Crippen LogP contribution >= 0.6 is 0 Å². The average Bonchev–Trinajstić information content (AvgIpc) is 2.23. The van der Waals surface area contributed by atoms with Crippen LogP contribution in [0.5, 0.6) is 0 Å². The molecule has 0 aromatic carbocycles. The molecule has 0 saturated carbocycles. The summed E-state index contributed by atoms with van der Waals surface area (Å²) in [5.41, 5.74) is 5.94. The summed E-state index contributed by atoms with van der Waals surface area (Å²) < 4.78 is 5.34. The molecule has 0 spiro atoms. The van der Waals surface area contributed by atoms with Crippen LogP contribution in [-0.4, -0.2) is 35.3 Å². The average molecular weight is 194 g/mol. The first-order valence-electron chi connectivity index (χ1n) is 4.72. The third-order valence-corrected chi connectivity index (χ3v) is 2.32. The van der Waals surface area contributed by atoms with Crippen LogP contribution in [0.25, 0.3) is 0 Å². The quantitative estimate of drug-likeness (QED) is 0.693. The summed E-state index contributed by atoms with van der Waals surface area (Å²) in [6.07, 6.45) is 4.10. The Kier molecular flexibility index (Phi) is 2.90. The highest BCUT2D eigenvalue weighted by molar-refractivity contribution is 5.33. The van der Waals surface area contributed by atoms with Crippen molar-refractivity contribution >= 4 is 5.82 Å². The van der Waals surface area contributed by atoms with Gasteiger partial charge in [-0.3, -0.25) is 0 Å². The van der Waals surface area contributed by atoms with Gasteiger partial charge in [0.05, 0.1) is 12.6 Å². The van der Waals surface area contributed by atoms with Crippen molar-refractivity contribution < 1.29 is 4.74 Å². The Morgan fingerprint density at radius 3 is 3.21 bits per heavy atom. The zero-order valence-corrected chi connectivity index (χ0v) is 7.89. The molecule has 2 heterocycles. The summed E-state index contributed by atoms with van der Waals surface area (Å²) in [7, 11) is 0. The van der Waals surface area contributed by atoms with E-state index >= 15 is 0 Å². The highest BCUT2D eigenvalue weighted by Gasteiger charge is 2.22. The Labute approximate surface area is 82.7 Å². The number of anilines is 1. The number of hydrogen-bond donors (Lipinski definition) is 2. The largest absolute Gasteiger partial charge is 0.379 e. The molecule has 1 saturated heterocycles. The lowest BCUT2D eigenvalue weighted by molar-refractivity contribution is 0.0767. The molecule has 1 aliphatic rings. The molecule has 1 aliphatic heterocycles. The van der Waals surface area contributed by atoms with Crippen LogP contribution in [0.3, 0.4) is 0 Å². The molecule has 2 rings (SSSR count). The molecule has 14 heavy (non-hydrogen) atoms. The molecule has 0 unspecified atom stereocenters. The van der Waals surface area contributed by atoms with Crippen molar-refractivity contribution in [3.63, 3.8) is 0 Å². The summed E-state index contributed by atoms with van der Waals surface area (Å²) >= 11 is 0. The third-order valence-electron chi connectivity index (χ3n) is 2.32. The van der Waals surface area contributed by atoms with E-state index in [0.717, 1.165) is 18.8 Å². The SMILES string of the molecule is N[C@H]1CCOC[C@H]1Nc1ccncn1. The molecule has 76 valence electrons. The van der Waals surface area contributed by atoms with Crippen molar-refractivity contribution in [2.75, 3.05) is 18.5 Å². The number of nitrogens with two attached hydrogens (primary N) is 1. The van der Waals surface area contributed by atoms with Gasteiger partial charge in [-0.05, 0) is 12.5 Å². The summed E-state index contributed by atoms with van der Waals surface area (Å²) in [6, 6.07) is 2.11. The highest BCUT2D eigenvalue weighted by atomic mass is 16.5. The van der Waals surface area contributed by atoms with E-state index in [9.17, 15) is 0 Å². The molecular formula is C9H14N4O. The minimum absolute atomic E-state index is 0.138. The molecule has 1 fully saturated rings. The van der Waals surface area contributed by atoms with Gasteiger partial charge in [-0.25, -0.2) is 9.97 Å². The van der Waals surface area contributed by atoms with Crippen LogP contribution in [0.2, 0.25) is 0 Å². The minimum atomic E-state index is 0.138. The van der Waals surface area contributed by atoms with Crippen molar-refractivity contribution in [1.29, 1.82) is 0 Å². The van der Waals surface area contributed by atoms with Crippen LogP contribution in [0.1, 0.15) is 6.42 Å². The molecule has 1 aromatic heterocycles. The Hall–Kier alpha value is -1.20. The predicted octanol–water partition coefficient (Wildman–Crippen LogP) is 0.00470. The monoisotopic (exact) mass is 194 g/mol. The number of aromatic nitrogens is 2. The molecule has 5 nitrogen and oxygen atoms in total. The molecular weight excluding hydrogens is 180 g/mol. The second-order valence-corrected chi connectivity index (χ2v) is 3.37. The smallest absolute Gasteiger partial charge is 0.129 e. The van der Waals surface area contributed by atoms with Crippen LogP contribution in [0.15, 0.2) is 18.6 Å². The van der Waals surface area contributed by atoms with Crippen LogP contribution in [-0.2, 0) is 4.74 Å². The fraction of sp³-hybridized carbons (Fsp3) is 0.556. The van der Waals surface area contributed by atoms with Crippen LogP contribution in [0, 0.1) is 0 Å². The van der Waals surface area contributed by atoms with Gasteiger partial charge in [0.15, 0.2) is 0 Å². The first-order chi connectivity index (χ1) is 6.86. The molecule has 3 N–H and O–H groups in total. The summed E-state index contributed by atoms with van der Waals surface area (Å²) in [4.78, 5) is 7.92. The Bertz CT molecular complexity index is 279. The standard InChI is InChI=1S/C9H14N4O/c10-7-2-4-14-5-8(7)13-9-1-3-11-6-12-9/h1,3,6-8H,2,4-5,10H2,(H,11,12,13)/t7-,8+/m0/s1. The van der Waals surface area contributed by atoms with Crippen molar-refractivity contribution in [3.8, 4) is 0 Å². The van der Waals surface area contributed by atoms with Gasteiger partial charge >= 0.3 is 0 Å². The van der Waals surface area contributed by atoms with E-state index in [-0.39, 0.29) is 12.1 Å². The Balaban J connectivity index is 1.96. The van der Waals surface area contributed by atoms with Crippen molar-refractivity contribution in [3.05, 3.63) is 18.6 Å². The van der Waals surface area contributed by atoms with E-state index in [1.807, 2.05) is 6.07 Å². The molecule has 1 aromatic rings. The second-order valence-electron chi connectivity index (χ2n) is 3.37. The molecule has 2 atom stereocenters. The van der Waals surface area contributed by atoms with Gasteiger partial charge in [0.25, 0.3) is 0 Å². The second kappa shape index (κ2) is 4.34. The van der Waals surface area contributed by atoms with E-state index in [4.69, 9.17) is 10.5 Å². The molecule has 0 aliphatic carbocycles. The third kappa shape index (κ3) is 2.18. The Morgan fingerprint density at radius 1 is 1.57 bits per heavy atom. The Morgan fingerprint density at radius 2 is 2.50 bits per heavy atom. The van der Waals surface area contributed by atoms with Crippen LogP contribution < -0.4 is 11.1 Å². The number of rotatable bonds is 2. The maximum Gasteiger partial charge on any atom is 0.129 e. The minimum Gasteiger partial charge on any atom is -0.379 e. The molecule has 0 radical (unpaired) electrons. The van der Waals surface area contributed by atoms with E-state index in [1.54, 1.807) is 6.20 Å². The number of hydrogen-bond acceptors (Lipinski definition) is 5. The van der Waals surface area contributed by atoms with E-state index in [0.29, 0.717) is 6.61 Å². The van der Waals surface area contributed by atoms with Gasteiger partial charge in [-0.15, -0.1) is 0 Å². The fourth-order valence-electron chi connectivity index (χ4n) is 1.47. The number of nitrogens with zero attached hydrogens (tertiary/aromatic N) is 2. The summed E-state index contributed by atoms with van der Waals surface area (Å²) in [5, 5.41) is 3.23. The van der Waals surface area contributed by atoms with Gasteiger partial charge < -0.3 is 15.8 Å². The normalized spacial score (nSPS) is 27.2. The predicted molar refractivity (Wildman–Crippen MR) is 52.9 cm³/mol. The zero-order valence-electron chi connectivity index (χ0n) is 7.89. The maximum atomic E-state index is 5.94. The lowest BCUT2D eigenvalue weighted by Gasteiger charge is -2.29. The van der Waals surface area contributed by atoms with Gasteiger partial charge in [0, 0.05) is 18.8 Å². The van der Waals surface area contributed by atoms with Crippen molar-refractivity contribution in [2.45, 2.75) is 18.5 Å². The van der Waals surface area contributed by atoms with Crippen LogP contribution in [0.4, 0.5) is 5.82 Å². The highest BCUT2D eigenvalue weighted by Crippen LogP contribution is 2.10.